The highest BCUT2D eigenvalue weighted by molar-refractivity contribution is 6.28. The Morgan fingerprint density at radius 2 is 2.16 bits per heavy atom. The lowest BCUT2D eigenvalue weighted by atomic mass is 10.3. The summed E-state index contributed by atoms with van der Waals surface area (Å²) < 4.78 is 6.82. The van der Waals surface area contributed by atoms with Crippen molar-refractivity contribution < 1.29 is 14.3 Å². The number of carbonyl (C=O) groups is 1. The average molecular weight is 278 g/mol. The number of furan rings is 1. The van der Waals surface area contributed by atoms with Gasteiger partial charge in [-0.05, 0) is 35.9 Å². The molecule has 0 atom stereocenters. The van der Waals surface area contributed by atoms with Crippen LogP contribution in [0.5, 0.6) is 0 Å². The minimum absolute atomic E-state index is 0.0671. The van der Waals surface area contributed by atoms with E-state index in [0.29, 0.717) is 22.8 Å². The first-order valence-corrected chi connectivity index (χ1v) is 5.70. The van der Waals surface area contributed by atoms with Crippen molar-refractivity contribution in [3.05, 3.63) is 41.4 Å². The molecular formula is C12H8ClN3O3. The molecule has 0 spiro atoms. The van der Waals surface area contributed by atoms with Crippen molar-refractivity contribution in [2.45, 2.75) is 0 Å². The van der Waals surface area contributed by atoms with E-state index in [1.807, 2.05) is 0 Å². The number of hydrogen-bond donors (Lipinski definition) is 2. The monoisotopic (exact) mass is 277 g/mol. The zero-order valence-electron chi connectivity index (χ0n) is 9.50. The van der Waals surface area contributed by atoms with Crippen molar-refractivity contribution in [2.75, 3.05) is 5.73 Å². The van der Waals surface area contributed by atoms with Gasteiger partial charge in [0.2, 0.25) is 0 Å². The average Bonchev–Trinajstić information content (AvgIpc) is 2.92. The Hall–Kier alpha value is -2.47. The van der Waals surface area contributed by atoms with Crippen LogP contribution in [0, 0.1) is 0 Å². The highest BCUT2D eigenvalue weighted by atomic mass is 35.5. The normalized spacial score (nSPS) is 11.0. The van der Waals surface area contributed by atoms with Gasteiger partial charge in [-0.1, -0.05) is 0 Å². The van der Waals surface area contributed by atoms with Crippen LogP contribution in [0.15, 0.2) is 34.9 Å². The summed E-state index contributed by atoms with van der Waals surface area (Å²) in [6.07, 6.45) is 1.58. The van der Waals surface area contributed by atoms with Gasteiger partial charge in [-0.15, -0.1) is 0 Å². The summed E-state index contributed by atoms with van der Waals surface area (Å²) in [4.78, 5) is 15.3. The second-order valence-electron chi connectivity index (χ2n) is 3.91. The van der Waals surface area contributed by atoms with Crippen molar-refractivity contribution in [3.63, 3.8) is 0 Å². The van der Waals surface area contributed by atoms with Crippen LogP contribution in [0.4, 0.5) is 5.69 Å². The van der Waals surface area contributed by atoms with E-state index in [2.05, 4.69) is 4.98 Å². The maximum atomic E-state index is 11.2. The van der Waals surface area contributed by atoms with Crippen LogP contribution in [0.3, 0.4) is 0 Å². The van der Waals surface area contributed by atoms with Gasteiger partial charge in [0.15, 0.2) is 22.5 Å². The number of aromatic carboxylic acids is 1. The highest BCUT2D eigenvalue weighted by Gasteiger charge is 2.19. The summed E-state index contributed by atoms with van der Waals surface area (Å²) >= 11 is 5.72. The number of aromatic nitrogens is 2. The molecule has 0 aliphatic heterocycles. The van der Waals surface area contributed by atoms with Crippen molar-refractivity contribution in [1.29, 1.82) is 0 Å². The van der Waals surface area contributed by atoms with Gasteiger partial charge in [-0.3, -0.25) is 4.40 Å². The molecule has 0 aromatic carbocycles. The molecule has 0 fully saturated rings. The lowest BCUT2D eigenvalue weighted by molar-refractivity contribution is 0.0693. The summed E-state index contributed by atoms with van der Waals surface area (Å²) in [6, 6.07) is 6.39. The van der Waals surface area contributed by atoms with E-state index < -0.39 is 5.97 Å². The SMILES string of the molecule is Nc1ccc2c(C(=O)O)nc(-c3ccc(Cl)o3)n2c1. The largest absolute Gasteiger partial charge is 0.476 e. The topological polar surface area (TPSA) is 93.8 Å². The van der Waals surface area contributed by atoms with Gasteiger partial charge >= 0.3 is 5.97 Å². The molecule has 3 aromatic rings. The Morgan fingerprint density at radius 1 is 1.37 bits per heavy atom. The molecular weight excluding hydrogens is 270 g/mol. The molecule has 96 valence electrons. The van der Waals surface area contributed by atoms with Gasteiger partial charge in [-0.2, -0.15) is 0 Å². The fourth-order valence-electron chi connectivity index (χ4n) is 1.87. The van der Waals surface area contributed by atoms with Crippen molar-refractivity contribution >= 4 is 28.8 Å². The molecule has 3 rings (SSSR count). The van der Waals surface area contributed by atoms with Gasteiger partial charge in [0.05, 0.1) is 5.52 Å². The molecule has 0 unspecified atom stereocenters. The first-order chi connectivity index (χ1) is 9.06. The molecule has 0 amide bonds. The zero-order valence-corrected chi connectivity index (χ0v) is 10.3. The number of carboxylic acids is 1. The van der Waals surface area contributed by atoms with E-state index in [0.717, 1.165) is 0 Å². The Morgan fingerprint density at radius 3 is 2.79 bits per heavy atom. The van der Waals surface area contributed by atoms with Crippen LogP contribution in [-0.4, -0.2) is 20.5 Å². The van der Waals surface area contributed by atoms with Gasteiger partial charge in [-0.25, -0.2) is 9.78 Å². The molecule has 7 heteroatoms. The summed E-state index contributed by atoms with van der Waals surface area (Å²) in [7, 11) is 0. The molecule has 0 radical (unpaired) electrons. The van der Waals surface area contributed by atoms with Crippen LogP contribution < -0.4 is 5.73 Å². The molecule has 0 bridgehead atoms. The number of rotatable bonds is 2. The second-order valence-corrected chi connectivity index (χ2v) is 4.28. The number of nitrogens with zero attached hydrogens (tertiary/aromatic N) is 2. The predicted molar refractivity (Wildman–Crippen MR) is 69.3 cm³/mol. The van der Waals surface area contributed by atoms with Crippen LogP contribution in [0.25, 0.3) is 17.1 Å². The van der Waals surface area contributed by atoms with Crippen molar-refractivity contribution in [2.24, 2.45) is 0 Å². The van der Waals surface area contributed by atoms with E-state index in [9.17, 15) is 4.79 Å². The molecule has 3 N–H and O–H groups in total. The first kappa shape index (κ1) is 11.6. The summed E-state index contributed by atoms with van der Waals surface area (Å²) in [5.41, 5.74) is 6.56. The number of halogens is 1. The van der Waals surface area contributed by atoms with Crippen LogP contribution in [0.1, 0.15) is 10.5 Å². The van der Waals surface area contributed by atoms with Crippen LogP contribution in [0.2, 0.25) is 5.22 Å². The van der Waals surface area contributed by atoms with Crippen LogP contribution >= 0.6 is 11.6 Å². The van der Waals surface area contributed by atoms with Crippen molar-refractivity contribution in [1.82, 2.24) is 9.38 Å². The minimum atomic E-state index is -1.12. The van der Waals surface area contributed by atoms with E-state index in [1.165, 1.54) is 0 Å². The van der Waals surface area contributed by atoms with E-state index in [4.69, 9.17) is 26.9 Å². The molecule has 0 saturated heterocycles. The maximum Gasteiger partial charge on any atom is 0.356 e. The Balaban J connectivity index is 2.35. The minimum Gasteiger partial charge on any atom is -0.476 e. The molecule has 19 heavy (non-hydrogen) atoms. The molecule has 0 aliphatic carbocycles. The lowest BCUT2D eigenvalue weighted by Crippen LogP contribution is -1.97. The summed E-state index contributed by atoms with van der Waals surface area (Å²) in [5, 5.41) is 9.36. The number of imidazole rings is 1. The number of anilines is 1. The van der Waals surface area contributed by atoms with E-state index >= 15 is 0 Å². The molecule has 6 nitrogen and oxygen atoms in total. The number of nitrogen functional groups attached to an aromatic ring is 1. The molecule has 3 heterocycles. The smallest absolute Gasteiger partial charge is 0.356 e. The summed E-state index contributed by atoms with van der Waals surface area (Å²) in [6.45, 7) is 0. The molecule has 0 aliphatic rings. The Kier molecular flexibility index (Phi) is 2.46. The molecule has 3 aromatic heterocycles. The fourth-order valence-corrected chi connectivity index (χ4v) is 2.01. The van der Waals surface area contributed by atoms with Gasteiger partial charge < -0.3 is 15.3 Å². The third-order valence-electron chi connectivity index (χ3n) is 2.66. The number of fused-ring (bicyclic) bond motifs is 1. The Bertz CT molecular complexity index is 791. The fraction of sp³-hybridized carbons (Fsp3) is 0. The summed E-state index contributed by atoms with van der Waals surface area (Å²) in [5.74, 6) is -0.407. The van der Waals surface area contributed by atoms with E-state index in [1.54, 1.807) is 34.9 Å². The number of hydrogen-bond acceptors (Lipinski definition) is 4. The maximum absolute atomic E-state index is 11.2. The van der Waals surface area contributed by atoms with Gasteiger partial charge in [0.25, 0.3) is 0 Å². The molecule has 0 saturated carbocycles. The van der Waals surface area contributed by atoms with E-state index in [-0.39, 0.29) is 10.9 Å². The lowest BCUT2D eigenvalue weighted by Gasteiger charge is -1.99. The number of carboxylic acid groups (broad SMARTS) is 1. The quantitative estimate of drug-likeness (QED) is 0.750. The first-order valence-electron chi connectivity index (χ1n) is 5.33. The third-order valence-corrected chi connectivity index (χ3v) is 2.86. The van der Waals surface area contributed by atoms with Crippen LogP contribution in [-0.2, 0) is 0 Å². The third kappa shape index (κ3) is 1.82. The zero-order chi connectivity index (χ0) is 13.6. The van der Waals surface area contributed by atoms with Gasteiger partial charge in [0.1, 0.15) is 0 Å². The van der Waals surface area contributed by atoms with Crippen molar-refractivity contribution in [3.8, 4) is 11.6 Å². The Labute approximate surface area is 112 Å². The van der Waals surface area contributed by atoms with Gasteiger partial charge in [0, 0.05) is 11.9 Å². The second kappa shape index (κ2) is 4.03. The highest BCUT2D eigenvalue weighted by Crippen LogP contribution is 2.27. The number of nitrogens with two attached hydrogens (primary N) is 1. The predicted octanol–water partition coefficient (Wildman–Crippen LogP) is 2.53. The standard InChI is InChI=1S/C12H8ClN3O3/c13-9-4-3-8(19-9)11-15-10(12(17)18)7-2-1-6(14)5-16(7)11/h1-5H,14H2,(H,17,18). The number of pyridine rings is 1.